The Hall–Kier alpha value is -2.47. The van der Waals surface area contributed by atoms with Crippen LogP contribution in [0.15, 0.2) is 30.3 Å². The lowest BCUT2D eigenvalue weighted by Gasteiger charge is -2.31. The van der Waals surface area contributed by atoms with E-state index in [4.69, 9.17) is 9.72 Å². The van der Waals surface area contributed by atoms with Gasteiger partial charge in [0.1, 0.15) is 11.6 Å². The molecule has 1 aromatic carbocycles. The summed E-state index contributed by atoms with van der Waals surface area (Å²) in [6.45, 7) is 6.55. The van der Waals surface area contributed by atoms with Gasteiger partial charge in [0.25, 0.3) is 0 Å². The zero-order valence-electron chi connectivity index (χ0n) is 17.0. The number of piperidine rings is 1. The average molecular weight is 397 g/mol. The number of likely N-dealkylation sites (tertiary alicyclic amines) is 1. The summed E-state index contributed by atoms with van der Waals surface area (Å²) in [5.41, 5.74) is 3.79. The highest BCUT2D eigenvalue weighted by atomic mass is 19.1. The van der Waals surface area contributed by atoms with Crippen LogP contribution in [0.3, 0.4) is 0 Å². The Morgan fingerprint density at radius 3 is 2.45 bits per heavy atom. The molecular weight excluding hydrogens is 369 g/mol. The minimum atomic E-state index is -0.254. The Labute approximate surface area is 171 Å². The molecule has 2 saturated heterocycles. The van der Waals surface area contributed by atoms with Crippen LogP contribution in [-0.4, -0.2) is 55.2 Å². The zero-order chi connectivity index (χ0) is 20.2. The van der Waals surface area contributed by atoms with E-state index in [-0.39, 0.29) is 11.7 Å². The van der Waals surface area contributed by atoms with Gasteiger partial charge in [-0.3, -0.25) is 4.79 Å². The number of rotatable bonds is 4. The molecule has 3 heterocycles. The van der Waals surface area contributed by atoms with Crippen molar-refractivity contribution in [3.05, 3.63) is 47.4 Å². The summed E-state index contributed by atoms with van der Waals surface area (Å²) in [5, 5.41) is 0. The molecule has 0 saturated carbocycles. The van der Waals surface area contributed by atoms with Gasteiger partial charge in [-0.25, -0.2) is 9.37 Å². The number of pyridine rings is 1. The van der Waals surface area contributed by atoms with Gasteiger partial charge in [0, 0.05) is 31.7 Å². The number of hydrogen-bond donors (Lipinski definition) is 0. The van der Waals surface area contributed by atoms with Crippen molar-refractivity contribution in [1.29, 1.82) is 0 Å². The third-order valence-electron chi connectivity index (χ3n) is 5.74. The molecule has 29 heavy (non-hydrogen) atoms. The number of ether oxygens (including phenoxy) is 1. The minimum Gasteiger partial charge on any atom is -0.378 e. The zero-order valence-corrected chi connectivity index (χ0v) is 17.0. The van der Waals surface area contributed by atoms with Gasteiger partial charge in [-0.2, -0.15) is 0 Å². The van der Waals surface area contributed by atoms with Crippen molar-refractivity contribution in [2.24, 2.45) is 0 Å². The first kappa shape index (κ1) is 19.8. The van der Waals surface area contributed by atoms with Gasteiger partial charge >= 0.3 is 0 Å². The molecule has 0 aliphatic carbocycles. The Bertz CT molecular complexity index is 857. The predicted octanol–water partition coefficient (Wildman–Crippen LogP) is 3.59. The lowest BCUT2D eigenvalue weighted by molar-refractivity contribution is -0.131. The number of carbonyl (C=O) groups excluding carboxylic acids is 1. The maximum Gasteiger partial charge on any atom is 0.228 e. The van der Waals surface area contributed by atoms with Crippen LogP contribution in [0.4, 0.5) is 10.2 Å². The van der Waals surface area contributed by atoms with E-state index in [0.717, 1.165) is 67.2 Å². The van der Waals surface area contributed by atoms with E-state index < -0.39 is 0 Å². The van der Waals surface area contributed by atoms with E-state index in [1.807, 2.05) is 17.9 Å². The standard InChI is InChI=1S/C23H28FN3O2/c1-17-15-20(16-21(28)26-9-3-2-4-10-26)25-23(27-11-13-29-14-12-27)22(17)18-5-7-19(24)8-6-18/h5-8,15H,2-4,9-14,16H2,1H3. The van der Waals surface area contributed by atoms with Crippen LogP contribution < -0.4 is 4.90 Å². The molecule has 2 aromatic rings. The van der Waals surface area contributed by atoms with Crippen molar-refractivity contribution in [1.82, 2.24) is 9.88 Å². The first-order chi connectivity index (χ1) is 14.1. The number of nitrogens with zero attached hydrogens (tertiary/aromatic N) is 3. The Morgan fingerprint density at radius 1 is 1.07 bits per heavy atom. The molecule has 1 amide bonds. The third-order valence-corrected chi connectivity index (χ3v) is 5.74. The van der Waals surface area contributed by atoms with Crippen LogP contribution in [-0.2, 0) is 16.0 Å². The maximum atomic E-state index is 13.5. The number of hydrogen-bond acceptors (Lipinski definition) is 4. The molecule has 6 heteroatoms. The summed E-state index contributed by atoms with van der Waals surface area (Å²) < 4.78 is 19.0. The summed E-state index contributed by atoms with van der Waals surface area (Å²) in [5.74, 6) is 0.761. The lowest BCUT2D eigenvalue weighted by atomic mass is 9.99. The van der Waals surface area contributed by atoms with Crippen molar-refractivity contribution in [2.75, 3.05) is 44.3 Å². The molecule has 5 nitrogen and oxygen atoms in total. The van der Waals surface area contributed by atoms with Crippen LogP contribution in [0.25, 0.3) is 11.1 Å². The normalized spacial score (nSPS) is 17.4. The summed E-state index contributed by atoms with van der Waals surface area (Å²) in [7, 11) is 0. The fourth-order valence-corrected chi connectivity index (χ4v) is 4.20. The highest BCUT2D eigenvalue weighted by Crippen LogP contribution is 2.34. The van der Waals surface area contributed by atoms with Gasteiger partial charge in [-0.1, -0.05) is 12.1 Å². The van der Waals surface area contributed by atoms with Crippen molar-refractivity contribution in [3.63, 3.8) is 0 Å². The fraction of sp³-hybridized carbons (Fsp3) is 0.478. The summed E-state index contributed by atoms with van der Waals surface area (Å²) in [6, 6.07) is 8.55. The number of amides is 1. The van der Waals surface area contributed by atoms with Crippen LogP contribution in [0, 0.1) is 12.7 Å². The minimum absolute atomic E-state index is 0.152. The number of aromatic nitrogens is 1. The molecule has 0 unspecified atom stereocenters. The second-order valence-corrected chi connectivity index (χ2v) is 7.85. The molecule has 2 aliphatic rings. The molecule has 4 rings (SSSR count). The topological polar surface area (TPSA) is 45.7 Å². The highest BCUT2D eigenvalue weighted by Gasteiger charge is 2.22. The van der Waals surface area contributed by atoms with E-state index in [1.54, 1.807) is 12.1 Å². The molecule has 0 atom stereocenters. The summed E-state index contributed by atoms with van der Waals surface area (Å²) in [6.07, 6.45) is 3.69. The van der Waals surface area contributed by atoms with Gasteiger partial charge in [0.15, 0.2) is 0 Å². The predicted molar refractivity (Wildman–Crippen MR) is 112 cm³/mol. The fourth-order valence-electron chi connectivity index (χ4n) is 4.20. The summed E-state index contributed by atoms with van der Waals surface area (Å²) in [4.78, 5) is 21.9. The van der Waals surface area contributed by atoms with Crippen molar-refractivity contribution in [3.8, 4) is 11.1 Å². The Morgan fingerprint density at radius 2 is 1.76 bits per heavy atom. The lowest BCUT2D eigenvalue weighted by Crippen LogP contribution is -2.38. The smallest absolute Gasteiger partial charge is 0.228 e. The monoisotopic (exact) mass is 397 g/mol. The molecule has 1 aromatic heterocycles. The van der Waals surface area contributed by atoms with Crippen LogP contribution in [0.2, 0.25) is 0 Å². The largest absolute Gasteiger partial charge is 0.378 e. The number of benzene rings is 1. The van der Waals surface area contributed by atoms with Crippen molar-refractivity contribution >= 4 is 11.7 Å². The number of halogens is 1. The maximum absolute atomic E-state index is 13.5. The first-order valence-corrected chi connectivity index (χ1v) is 10.5. The van der Waals surface area contributed by atoms with Gasteiger partial charge in [0.05, 0.1) is 25.3 Å². The van der Waals surface area contributed by atoms with Crippen LogP contribution >= 0.6 is 0 Å². The molecule has 0 N–H and O–H groups in total. The highest BCUT2D eigenvalue weighted by molar-refractivity contribution is 5.82. The molecular formula is C23H28FN3O2. The van der Waals surface area contributed by atoms with Gasteiger partial charge in [-0.15, -0.1) is 0 Å². The Kier molecular flexibility index (Phi) is 6.09. The van der Waals surface area contributed by atoms with E-state index in [1.165, 1.54) is 18.6 Å². The first-order valence-electron chi connectivity index (χ1n) is 10.5. The molecule has 0 spiro atoms. The third kappa shape index (κ3) is 4.58. The molecule has 2 aliphatic heterocycles. The number of carbonyl (C=O) groups is 1. The number of aryl methyl sites for hydroxylation is 1. The molecule has 0 radical (unpaired) electrons. The van der Waals surface area contributed by atoms with Crippen LogP contribution in [0.5, 0.6) is 0 Å². The molecule has 154 valence electrons. The molecule has 0 bridgehead atoms. The van der Waals surface area contributed by atoms with Gasteiger partial charge < -0.3 is 14.5 Å². The van der Waals surface area contributed by atoms with Gasteiger partial charge in [0.2, 0.25) is 5.91 Å². The number of anilines is 1. The average Bonchev–Trinajstić information content (AvgIpc) is 2.75. The van der Waals surface area contributed by atoms with E-state index in [9.17, 15) is 9.18 Å². The SMILES string of the molecule is Cc1cc(CC(=O)N2CCCCC2)nc(N2CCOCC2)c1-c1ccc(F)cc1. The van der Waals surface area contributed by atoms with E-state index >= 15 is 0 Å². The van der Waals surface area contributed by atoms with Crippen molar-refractivity contribution < 1.29 is 13.9 Å². The molecule has 2 fully saturated rings. The quantitative estimate of drug-likeness (QED) is 0.791. The second-order valence-electron chi connectivity index (χ2n) is 7.85. The van der Waals surface area contributed by atoms with E-state index in [2.05, 4.69) is 4.90 Å². The summed E-state index contributed by atoms with van der Waals surface area (Å²) >= 11 is 0. The van der Waals surface area contributed by atoms with Crippen LogP contribution in [0.1, 0.15) is 30.5 Å². The van der Waals surface area contributed by atoms with E-state index in [0.29, 0.717) is 19.6 Å². The Balaban J connectivity index is 1.67. The van der Waals surface area contributed by atoms with Gasteiger partial charge in [-0.05, 0) is 55.5 Å². The second kappa shape index (κ2) is 8.91. The number of morpholine rings is 1. The van der Waals surface area contributed by atoms with Crippen molar-refractivity contribution in [2.45, 2.75) is 32.6 Å².